The van der Waals surface area contributed by atoms with Gasteiger partial charge in [0.2, 0.25) is 0 Å². The number of phenols is 1. The zero-order chi connectivity index (χ0) is 15.5. The Bertz CT molecular complexity index is 876. The van der Waals surface area contributed by atoms with Crippen LogP contribution in [0.1, 0.15) is 15.2 Å². The van der Waals surface area contributed by atoms with Crippen molar-refractivity contribution in [3.63, 3.8) is 0 Å². The van der Waals surface area contributed by atoms with Gasteiger partial charge in [-0.2, -0.15) is 5.10 Å². The first kappa shape index (κ1) is 14.5. The Labute approximate surface area is 134 Å². The number of nitrogens with one attached hydrogen (secondary N) is 1. The molecule has 0 unspecified atom stereocenters. The highest BCUT2D eigenvalue weighted by molar-refractivity contribution is 7.17. The number of hydrogen-bond acceptors (Lipinski definition) is 5. The molecule has 1 amide bonds. The largest absolute Gasteiger partial charge is 0.506 e. The Morgan fingerprint density at radius 1 is 1.32 bits per heavy atom. The molecule has 1 aromatic carbocycles. The van der Waals surface area contributed by atoms with E-state index in [9.17, 15) is 9.90 Å². The highest BCUT2D eigenvalue weighted by Gasteiger charge is 2.07. The van der Waals surface area contributed by atoms with Crippen LogP contribution in [0.2, 0.25) is 4.34 Å². The van der Waals surface area contributed by atoms with E-state index in [2.05, 4.69) is 15.5 Å². The standard InChI is InChI=1S/C15H10ClN3O2S/c16-13-6-5-12(22-13)15(21)19-18-8-9-3-4-11(20)14-10(9)2-1-7-17-14/h1-8,20H,(H,19,21). The molecule has 2 aromatic heterocycles. The highest BCUT2D eigenvalue weighted by atomic mass is 35.5. The molecule has 2 N–H and O–H groups in total. The normalized spacial score (nSPS) is 11.1. The molecule has 110 valence electrons. The van der Waals surface area contributed by atoms with Crippen molar-refractivity contribution in [3.8, 4) is 5.75 Å². The van der Waals surface area contributed by atoms with Crippen LogP contribution in [-0.2, 0) is 0 Å². The number of aromatic hydroxyl groups is 1. The Morgan fingerprint density at radius 3 is 2.95 bits per heavy atom. The van der Waals surface area contributed by atoms with E-state index in [1.54, 1.807) is 30.5 Å². The maximum absolute atomic E-state index is 11.8. The van der Waals surface area contributed by atoms with Crippen LogP contribution in [0, 0.1) is 0 Å². The molecule has 7 heteroatoms. The van der Waals surface area contributed by atoms with Crippen LogP contribution in [0.5, 0.6) is 5.75 Å². The van der Waals surface area contributed by atoms with E-state index in [0.717, 1.165) is 10.9 Å². The van der Waals surface area contributed by atoms with Crippen molar-refractivity contribution in [2.24, 2.45) is 5.10 Å². The first-order valence-corrected chi connectivity index (χ1v) is 7.50. The number of hydrazone groups is 1. The maximum Gasteiger partial charge on any atom is 0.281 e. The Morgan fingerprint density at radius 2 is 2.18 bits per heavy atom. The quantitative estimate of drug-likeness (QED) is 0.570. The van der Waals surface area contributed by atoms with E-state index >= 15 is 0 Å². The second-order valence-corrected chi connectivity index (χ2v) is 6.09. The number of hydrogen-bond donors (Lipinski definition) is 2. The van der Waals surface area contributed by atoms with Crippen LogP contribution >= 0.6 is 22.9 Å². The molecule has 3 rings (SSSR count). The first-order chi connectivity index (χ1) is 10.6. The number of nitrogens with zero attached hydrogens (tertiary/aromatic N) is 2. The van der Waals surface area contributed by atoms with Gasteiger partial charge in [-0.3, -0.25) is 9.78 Å². The zero-order valence-corrected chi connectivity index (χ0v) is 12.7. The van der Waals surface area contributed by atoms with Gasteiger partial charge in [-0.1, -0.05) is 17.7 Å². The molecule has 0 aliphatic carbocycles. The number of carbonyl (C=O) groups is 1. The lowest BCUT2D eigenvalue weighted by Gasteiger charge is -2.03. The fraction of sp³-hybridized carbons (Fsp3) is 0. The average molecular weight is 332 g/mol. The van der Waals surface area contributed by atoms with E-state index in [1.165, 1.54) is 23.6 Å². The predicted octanol–water partition coefficient (Wildman–Crippen LogP) is 3.42. The van der Waals surface area contributed by atoms with Crippen molar-refractivity contribution in [1.82, 2.24) is 10.4 Å². The van der Waals surface area contributed by atoms with E-state index in [-0.39, 0.29) is 11.7 Å². The van der Waals surface area contributed by atoms with Crippen LogP contribution in [0.15, 0.2) is 47.7 Å². The van der Waals surface area contributed by atoms with Gasteiger partial charge < -0.3 is 5.11 Å². The van der Waals surface area contributed by atoms with Gasteiger partial charge in [-0.25, -0.2) is 5.43 Å². The van der Waals surface area contributed by atoms with Crippen LogP contribution in [-0.4, -0.2) is 22.2 Å². The van der Waals surface area contributed by atoms with Crippen LogP contribution in [0.4, 0.5) is 0 Å². The third-order valence-electron chi connectivity index (χ3n) is 2.95. The molecule has 5 nitrogen and oxygen atoms in total. The molecule has 0 atom stereocenters. The summed E-state index contributed by atoms with van der Waals surface area (Å²) in [4.78, 5) is 16.4. The molecule has 0 aliphatic rings. The smallest absolute Gasteiger partial charge is 0.281 e. The molecule has 0 spiro atoms. The monoisotopic (exact) mass is 331 g/mol. The first-order valence-electron chi connectivity index (χ1n) is 6.30. The van der Waals surface area contributed by atoms with Gasteiger partial charge in [-0.05, 0) is 30.3 Å². The van der Waals surface area contributed by atoms with E-state index < -0.39 is 0 Å². The third kappa shape index (κ3) is 2.93. The second-order valence-electron chi connectivity index (χ2n) is 4.38. The molecule has 0 bridgehead atoms. The number of aromatic nitrogens is 1. The minimum Gasteiger partial charge on any atom is -0.506 e. The van der Waals surface area contributed by atoms with E-state index in [1.807, 2.05) is 6.07 Å². The van der Waals surface area contributed by atoms with Crippen LogP contribution in [0.3, 0.4) is 0 Å². The number of rotatable bonds is 3. The summed E-state index contributed by atoms with van der Waals surface area (Å²) in [6.45, 7) is 0. The Balaban J connectivity index is 1.81. The molecule has 0 fully saturated rings. The number of phenolic OH excluding ortho intramolecular Hbond substituents is 1. The summed E-state index contributed by atoms with van der Waals surface area (Å²) in [5, 5.41) is 14.5. The lowest BCUT2D eigenvalue weighted by molar-refractivity contribution is 0.0959. The van der Waals surface area contributed by atoms with E-state index in [0.29, 0.717) is 14.7 Å². The summed E-state index contributed by atoms with van der Waals surface area (Å²) in [6, 6.07) is 10.1. The van der Waals surface area contributed by atoms with Gasteiger partial charge in [0.25, 0.3) is 5.91 Å². The molecule has 0 saturated carbocycles. The Hall–Kier alpha value is -2.44. The van der Waals surface area contributed by atoms with Gasteiger partial charge in [0.15, 0.2) is 0 Å². The Kier molecular flexibility index (Phi) is 4.04. The fourth-order valence-corrected chi connectivity index (χ4v) is 2.88. The minimum atomic E-state index is -0.325. The van der Waals surface area contributed by atoms with Crippen molar-refractivity contribution >= 4 is 46.0 Å². The molecular formula is C15H10ClN3O2S. The summed E-state index contributed by atoms with van der Waals surface area (Å²) in [6.07, 6.45) is 3.11. The minimum absolute atomic E-state index is 0.102. The number of thiophene rings is 1. The molecule has 0 radical (unpaired) electrons. The molecule has 0 saturated heterocycles. The zero-order valence-electron chi connectivity index (χ0n) is 11.2. The SMILES string of the molecule is O=C(NN=Cc1ccc(O)c2ncccc12)c1ccc(Cl)s1. The molecule has 2 heterocycles. The molecule has 0 aliphatic heterocycles. The number of amides is 1. The molecule has 22 heavy (non-hydrogen) atoms. The summed E-state index contributed by atoms with van der Waals surface area (Å²) in [7, 11) is 0. The summed E-state index contributed by atoms with van der Waals surface area (Å²) >= 11 is 6.97. The van der Waals surface area contributed by atoms with Gasteiger partial charge >= 0.3 is 0 Å². The molecular weight excluding hydrogens is 322 g/mol. The summed E-state index contributed by atoms with van der Waals surface area (Å²) < 4.78 is 0.546. The highest BCUT2D eigenvalue weighted by Crippen LogP contribution is 2.24. The lowest BCUT2D eigenvalue weighted by atomic mass is 10.1. The van der Waals surface area contributed by atoms with Crippen molar-refractivity contribution in [2.75, 3.05) is 0 Å². The van der Waals surface area contributed by atoms with Gasteiger partial charge in [0.1, 0.15) is 11.3 Å². The average Bonchev–Trinajstić information content (AvgIpc) is 2.96. The van der Waals surface area contributed by atoms with Gasteiger partial charge in [0, 0.05) is 17.1 Å². The van der Waals surface area contributed by atoms with Gasteiger partial charge in [-0.15, -0.1) is 11.3 Å². The second kappa shape index (κ2) is 6.13. The molecule has 3 aromatic rings. The van der Waals surface area contributed by atoms with Crippen LogP contribution < -0.4 is 5.43 Å². The lowest BCUT2D eigenvalue weighted by Crippen LogP contribution is -2.16. The number of fused-ring (bicyclic) bond motifs is 1. The number of pyridine rings is 1. The summed E-state index contributed by atoms with van der Waals surface area (Å²) in [5.74, 6) is -0.223. The van der Waals surface area contributed by atoms with Crippen molar-refractivity contribution < 1.29 is 9.90 Å². The van der Waals surface area contributed by atoms with Crippen molar-refractivity contribution in [1.29, 1.82) is 0 Å². The number of halogens is 1. The predicted molar refractivity (Wildman–Crippen MR) is 87.8 cm³/mol. The number of carbonyl (C=O) groups excluding carboxylic acids is 1. The topological polar surface area (TPSA) is 74.6 Å². The van der Waals surface area contributed by atoms with E-state index in [4.69, 9.17) is 11.6 Å². The van der Waals surface area contributed by atoms with Gasteiger partial charge in [0.05, 0.1) is 15.4 Å². The summed E-state index contributed by atoms with van der Waals surface area (Å²) in [5.41, 5.74) is 3.67. The van der Waals surface area contributed by atoms with Crippen molar-refractivity contribution in [3.05, 3.63) is 57.4 Å². The maximum atomic E-state index is 11.8. The third-order valence-corrected chi connectivity index (χ3v) is 4.18. The fourth-order valence-electron chi connectivity index (χ4n) is 1.94. The van der Waals surface area contributed by atoms with Crippen LogP contribution in [0.25, 0.3) is 10.9 Å². The number of benzene rings is 1. The van der Waals surface area contributed by atoms with Crippen molar-refractivity contribution in [2.45, 2.75) is 0 Å².